The van der Waals surface area contributed by atoms with E-state index in [2.05, 4.69) is 0 Å². The third kappa shape index (κ3) is 5.54. The van der Waals surface area contributed by atoms with Gasteiger partial charge in [-0.05, 0) is 31.7 Å². The maximum Gasteiger partial charge on any atom is 0.323 e. The molecule has 1 aromatic carbocycles. The summed E-state index contributed by atoms with van der Waals surface area (Å²) in [5, 5.41) is 9.17. The Bertz CT molecular complexity index is 712. The molecule has 1 N–H and O–H groups in total. The lowest BCUT2D eigenvalue weighted by Gasteiger charge is -2.37. The Labute approximate surface area is 154 Å². The monoisotopic (exact) mass is 382 g/mol. The van der Waals surface area contributed by atoms with E-state index in [9.17, 15) is 18.0 Å². The number of carbonyl (C=O) groups excluding carboxylic acids is 1. The van der Waals surface area contributed by atoms with Crippen LogP contribution in [0, 0.1) is 0 Å². The number of carbonyl (C=O) groups is 2. The fourth-order valence-corrected chi connectivity index (χ4v) is 4.35. The number of sulfonamides is 1. The standard InChI is InChI=1S/C18H26N2O5S/c1-2-26(24,25)19-12-10-16(11-13-19)20(14-18(22)23)17(21)9-8-15-6-4-3-5-7-15/h3-7,16H,2,8-14H2,1H3,(H,22,23). The summed E-state index contributed by atoms with van der Waals surface area (Å²) in [6.07, 6.45) is 1.72. The lowest BCUT2D eigenvalue weighted by Crippen LogP contribution is -2.50. The first-order valence-electron chi connectivity index (χ1n) is 8.86. The summed E-state index contributed by atoms with van der Waals surface area (Å²) in [4.78, 5) is 25.2. The van der Waals surface area contributed by atoms with Crippen molar-refractivity contribution in [2.75, 3.05) is 25.4 Å². The fraction of sp³-hybridized carbons (Fsp3) is 0.556. The lowest BCUT2D eigenvalue weighted by molar-refractivity contribution is -0.146. The summed E-state index contributed by atoms with van der Waals surface area (Å²) in [5.74, 6) is -1.21. The highest BCUT2D eigenvalue weighted by Gasteiger charge is 2.32. The van der Waals surface area contributed by atoms with Gasteiger partial charge in [0.2, 0.25) is 15.9 Å². The molecule has 144 valence electrons. The zero-order valence-corrected chi connectivity index (χ0v) is 15.8. The van der Waals surface area contributed by atoms with E-state index in [0.29, 0.717) is 32.4 Å². The second-order valence-corrected chi connectivity index (χ2v) is 8.69. The Morgan fingerprint density at radius 2 is 1.81 bits per heavy atom. The summed E-state index contributed by atoms with van der Waals surface area (Å²) in [6, 6.07) is 9.33. The van der Waals surface area contributed by atoms with Gasteiger partial charge in [-0.3, -0.25) is 9.59 Å². The van der Waals surface area contributed by atoms with Gasteiger partial charge in [0.05, 0.1) is 5.75 Å². The molecule has 26 heavy (non-hydrogen) atoms. The third-order valence-corrected chi connectivity index (χ3v) is 6.60. The van der Waals surface area contributed by atoms with E-state index in [1.54, 1.807) is 6.92 Å². The molecular formula is C18H26N2O5S. The van der Waals surface area contributed by atoms with Crippen molar-refractivity contribution in [2.24, 2.45) is 0 Å². The van der Waals surface area contributed by atoms with Crippen LogP contribution < -0.4 is 0 Å². The van der Waals surface area contributed by atoms with Crippen molar-refractivity contribution in [3.8, 4) is 0 Å². The van der Waals surface area contributed by atoms with Crippen LogP contribution in [0.4, 0.5) is 0 Å². The minimum Gasteiger partial charge on any atom is -0.480 e. The average molecular weight is 382 g/mol. The highest BCUT2D eigenvalue weighted by Crippen LogP contribution is 2.20. The number of hydrogen-bond acceptors (Lipinski definition) is 4. The molecular weight excluding hydrogens is 356 g/mol. The molecule has 1 aliphatic heterocycles. The van der Waals surface area contributed by atoms with E-state index in [1.165, 1.54) is 9.21 Å². The number of carboxylic acids is 1. The van der Waals surface area contributed by atoms with Crippen molar-refractivity contribution >= 4 is 21.9 Å². The molecule has 0 radical (unpaired) electrons. The predicted molar refractivity (Wildman–Crippen MR) is 98.2 cm³/mol. The minimum atomic E-state index is -3.25. The molecule has 0 spiro atoms. The summed E-state index contributed by atoms with van der Waals surface area (Å²) in [5.41, 5.74) is 1.03. The molecule has 1 heterocycles. The molecule has 1 aromatic rings. The van der Waals surface area contributed by atoms with Gasteiger partial charge in [-0.25, -0.2) is 12.7 Å². The molecule has 1 saturated heterocycles. The molecule has 7 nitrogen and oxygen atoms in total. The van der Waals surface area contributed by atoms with Crippen molar-refractivity contribution in [3.63, 3.8) is 0 Å². The molecule has 0 saturated carbocycles. The van der Waals surface area contributed by atoms with Crippen LogP contribution in [0.3, 0.4) is 0 Å². The normalized spacial score (nSPS) is 16.3. The van der Waals surface area contributed by atoms with Crippen molar-refractivity contribution < 1.29 is 23.1 Å². The van der Waals surface area contributed by atoms with Gasteiger partial charge in [0.1, 0.15) is 6.54 Å². The molecule has 2 rings (SSSR count). The van der Waals surface area contributed by atoms with Gasteiger partial charge < -0.3 is 10.0 Å². The molecule has 1 amide bonds. The average Bonchev–Trinajstić information content (AvgIpc) is 2.65. The fourth-order valence-electron chi connectivity index (χ4n) is 3.22. The van der Waals surface area contributed by atoms with Crippen LogP contribution in [0.5, 0.6) is 0 Å². The number of benzene rings is 1. The van der Waals surface area contributed by atoms with Gasteiger partial charge in [-0.1, -0.05) is 30.3 Å². The number of amides is 1. The summed E-state index contributed by atoms with van der Waals surface area (Å²) in [7, 11) is -3.25. The highest BCUT2D eigenvalue weighted by molar-refractivity contribution is 7.89. The zero-order chi connectivity index (χ0) is 19.2. The minimum absolute atomic E-state index is 0.0481. The molecule has 1 fully saturated rings. The van der Waals surface area contributed by atoms with E-state index in [4.69, 9.17) is 5.11 Å². The van der Waals surface area contributed by atoms with Crippen LogP contribution >= 0.6 is 0 Å². The van der Waals surface area contributed by atoms with Gasteiger partial charge in [0, 0.05) is 25.6 Å². The molecule has 0 aliphatic carbocycles. The van der Waals surface area contributed by atoms with Crippen LogP contribution in [-0.4, -0.2) is 66.0 Å². The molecule has 0 bridgehead atoms. The molecule has 8 heteroatoms. The third-order valence-electron chi connectivity index (χ3n) is 4.72. The van der Waals surface area contributed by atoms with Crippen LogP contribution in [-0.2, 0) is 26.0 Å². The summed E-state index contributed by atoms with van der Waals surface area (Å²) < 4.78 is 25.3. The molecule has 1 aliphatic rings. The Morgan fingerprint density at radius 3 is 2.35 bits per heavy atom. The number of aryl methyl sites for hydroxylation is 1. The lowest BCUT2D eigenvalue weighted by atomic mass is 10.0. The summed E-state index contributed by atoms with van der Waals surface area (Å²) in [6.45, 7) is 1.90. The Hall–Kier alpha value is -1.93. The van der Waals surface area contributed by atoms with Gasteiger partial charge in [0.15, 0.2) is 0 Å². The van der Waals surface area contributed by atoms with Crippen LogP contribution in [0.25, 0.3) is 0 Å². The number of piperidine rings is 1. The molecule has 0 unspecified atom stereocenters. The number of carboxylic acid groups (broad SMARTS) is 1. The van der Waals surface area contributed by atoms with E-state index in [0.717, 1.165) is 5.56 Å². The first-order chi connectivity index (χ1) is 12.3. The Balaban J connectivity index is 1.98. The van der Waals surface area contributed by atoms with E-state index in [1.807, 2.05) is 30.3 Å². The van der Waals surface area contributed by atoms with Crippen LogP contribution in [0.2, 0.25) is 0 Å². The number of nitrogens with zero attached hydrogens (tertiary/aromatic N) is 2. The zero-order valence-electron chi connectivity index (χ0n) is 15.0. The van der Waals surface area contributed by atoms with Crippen LogP contribution in [0.1, 0.15) is 31.7 Å². The second kappa shape index (κ2) is 9.14. The maximum atomic E-state index is 12.6. The van der Waals surface area contributed by atoms with E-state index < -0.39 is 16.0 Å². The van der Waals surface area contributed by atoms with E-state index >= 15 is 0 Å². The Morgan fingerprint density at radius 1 is 1.19 bits per heavy atom. The van der Waals surface area contributed by atoms with Gasteiger partial charge in [-0.15, -0.1) is 0 Å². The number of hydrogen-bond donors (Lipinski definition) is 1. The second-order valence-electron chi connectivity index (χ2n) is 6.43. The molecule has 0 aromatic heterocycles. The van der Waals surface area contributed by atoms with Crippen molar-refractivity contribution in [1.29, 1.82) is 0 Å². The Kier molecular flexibility index (Phi) is 7.16. The first-order valence-corrected chi connectivity index (χ1v) is 10.5. The van der Waals surface area contributed by atoms with Gasteiger partial charge >= 0.3 is 5.97 Å². The quantitative estimate of drug-likeness (QED) is 0.732. The van der Waals surface area contributed by atoms with Crippen molar-refractivity contribution in [1.82, 2.24) is 9.21 Å². The topological polar surface area (TPSA) is 95.0 Å². The number of rotatable bonds is 8. The largest absolute Gasteiger partial charge is 0.480 e. The maximum absolute atomic E-state index is 12.6. The summed E-state index contributed by atoms with van der Waals surface area (Å²) >= 11 is 0. The number of aliphatic carboxylic acids is 1. The van der Waals surface area contributed by atoms with Crippen molar-refractivity contribution in [2.45, 2.75) is 38.6 Å². The van der Waals surface area contributed by atoms with Crippen LogP contribution in [0.15, 0.2) is 30.3 Å². The first kappa shape index (κ1) is 20.4. The van der Waals surface area contributed by atoms with Gasteiger partial charge in [0.25, 0.3) is 0 Å². The van der Waals surface area contributed by atoms with E-state index in [-0.39, 0.29) is 30.7 Å². The predicted octanol–water partition coefficient (Wildman–Crippen LogP) is 1.35. The van der Waals surface area contributed by atoms with Crippen molar-refractivity contribution in [3.05, 3.63) is 35.9 Å². The smallest absolute Gasteiger partial charge is 0.323 e. The van der Waals surface area contributed by atoms with Gasteiger partial charge in [-0.2, -0.15) is 0 Å². The highest BCUT2D eigenvalue weighted by atomic mass is 32.2. The molecule has 0 atom stereocenters. The SMILES string of the molecule is CCS(=O)(=O)N1CCC(N(CC(=O)O)C(=O)CCc2ccccc2)CC1.